The number of rotatable bonds is 1. The summed E-state index contributed by atoms with van der Waals surface area (Å²) in [7, 11) is 0. The van der Waals surface area contributed by atoms with Crippen molar-refractivity contribution in [2.45, 2.75) is 13.3 Å². The molecule has 0 spiro atoms. The van der Waals surface area contributed by atoms with Gasteiger partial charge in [0.1, 0.15) is 0 Å². The molecule has 2 aliphatic carbocycles. The number of H-pyrrole nitrogens is 1. The van der Waals surface area contributed by atoms with E-state index >= 15 is 0 Å². The number of hydrogen-bond acceptors (Lipinski definition) is 0. The first kappa shape index (κ1) is 10.6. The third kappa shape index (κ3) is 1.42. The van der Waals surface area contributed by atoms with Crippen LogP contribution in [0, 0.1) is 0 Å². The number of aromatic nitrogens is 1. The van der Waals surface area contributed by atoms with Crippen LogP contribution in [0.5, 0.6) is 0 Å². The molecule has 0 unspecified atom stereocenters. The van der Waals surface area contributed by atoms with Crippen LogP contribution in [-0.2, 0) is 6.42 Å². The van der Waals surface area contributed by atoms with Gasteiger partial charge in [0.15, 0.2) is 0 Å². The first-order valence-electron chi connectivity index (χ1n) is 6.79. The lowest BCUT2D eigenvalue weighted by molar-refractivity contribution is 1.16. The Morgan fingerprint density at radius 3 is 2.63 bits per heavy atom. The van der Waals surface area contributed by atoms with Crippen LogP contribution in [0.25, 0.3) is 32.9 Å². The zero-order chi connectivity index (χ0) is 12.8. The van der Waals surface area contributed by atoms with E-state index in [4.69, 9.17) is 0 Å². The Bertz CT molecular complexity index is 854. The molecule has 2 aliphatic rings. The maximum atomic E-state index is 3.60. The normalized spacial score (nSPS) is 11.6. The van der Waals surface area contributed by atoms with Gasteiger partial charge in [-0.1, -0.05) is 55.5 Å². The number of aryl methyl sites for hydroxylation is 1. The molecule has 92 valence electrons. The average Bonchev–Trinajstić information content (AvgIpc) is 3.00. The number of aromatic amines is 1. The molecular weight excluding hydrogens is 230 g/mol. The predicted molar refractivity (Wildman–Crippen MR) is 81.8 cm³/mol. The lowest BCUT2D eigenvalue weighted by Gasteiger charge is -2.01. The molecule has 19 heavy (non-hydrogen) atoms. The summed E-state index contributed by atoms with van der Waals surface area (Å²) in [6.45, 7) is 2.23. The Labute approximate surface area is 112 Å². The molecule has 1 heteroatoms. The molecular formula is C18H15N. The molecule has 0 saturated carbocycles. The fourth-order valence-electron chi connectivity index (χ4n) is 3.10. The van der Waals surface area contributed by atoms with Gasteiger partial charge in [0.25, 0.3) is 0 Å². The first-order valence-corrected chi connectivity index (χ1v) is 6.79. The molecule has 1 aromatic heterocycles. The highest BCUT2D eigenvalue weighted by atomic mass is 14.7. The molecule has 1 N–H and O–H groups in total. The molecule has 1 nitrogen and oxygen atoms in total. The van der Waals surface area contributed by atoms with E-state index in [9.17, 15) is 0 Å². The van der Waals surface area contributed by atoms with Gasteiger partial charge in [0, 0.05) is 16.3 Å². The van der Waals surface area contributed by atoms with Gasteiger partial charge >= 0.3 is 0 Å². The first-order chi connectivity index (χ1) is 9.38. The summed E-state index contributed by atoms with van der Waals surface area (Å²) >= 11 is 0. The molecule has 0 fully saturated rings. The van der Waals surface area contributed by atoms with Crippen molar-refractivity contribution >= 4 is 21.8 Å². The topological polar surface area (TPSA) is 15.8 Å². The SMILES string of the molecule is CCc1c2cccc-2ccc2c1[nH]c1ccccc12. The minimum Gasteiger partial charge on any atom is -0.354 e. The highest BCUT2D eigenvalue weighted by Gasteiger charge is 2.12. The van der Waals surface area contributed by atoms with Crippen LogP contribution >= 0.6 is 0 Å². The lowest BCUT2D eigenvalue weighted by atomic mass is 10.0. The monoisotopic (exact) mass is 245 g/mol. The number of fused-ring (bicyclic) bond motifs is 4. The maximum Gasteiger partial charge on any atom is 0.0503 e. The summed E-state index contributed by atoms with van der Waals surface area (Å²) in [5, 5.41) is 2.63. The van der Waals surface area contributed by atoms with Crippen molar-refractivity contribution in [1.82, 2.24) is 4.98 Å². The highest BCUT2D eigenvalue weighted by Crippen LogP contribution is 2.34. The molecule has 0 saturated heterocycles. The summed E-state index contributed by atoms with van der Waals surface area (Å²) in [6.07, 6.45) is 1.04. The van der Waals surface area contributed by atoms with Gasteiger partial charge in [0.05, 0.1) is 5.52 Å². The van der Waals surface area contributed by atoms with Crippen molar-refractivity contribution in [2.24, 2.45) is 0 Å². The second-order valence-corrected chi connectivity index (χ2v) is 5.02. The predicted octanol–water partition coefficient (Wildman–Crippen LogP) is 4.99. The second kappa shape index (κ2) is 3.86. The second-order valence-electron chi connectivity index (χ2n) is 5.02. The van der Waals surface area contributed by atoms with Gasteiger partial charge < -0.3 is 4.98 Å². The van der Waals surface area contributed by atoms with Crippen LogP contribution < -0.4 is 0 Å². The van der Waals surface area contributed by atoms with E-state index in [2.05, 4.69) is 66.5 Å². The van der Waals surface area contributed by atoms with Gasteiger partial charge in [-0.05, 0) is 29.2 Å². The standard InChI is InChI=1S/C18H15N/c1-2-13-14-8-5-6-12(14)10-11-16-15-7-3-4-9-17(15)19-18(13)16/h3-11,19H,2H2,1H3. The van der Waals surface area contributed by atoms with E-state index in [1.165, 1.54) is 38.5 Å². The van der Waals surface area contributed by atoms with Crippen LogP contribution in [0.15, 0.2) is 54.6 Å². The molecule has 0 aliphatic heterocycles. The number of benzene rings is 1. The molecule has 0 radical (unpaired) electrons. The van der Waals surface area contributed by atoms with E-state index in [1.54, 1.807) is 0 Å². The van der Waals surface area contributed by atoms with Crippen molar-refractivity contribution in [3.05, 3.63) is 60.2 Å². The molecule has 0 amide bonds. The summed E-state index contributed by atoms with van der Waals surface area (Å²) in [4.78, 5) is 3.60. The summed E-state index contributed by atoms with van der Waals surface area (Å²) in [6, 6.07) is 19.6. The largest absolute Gasteiger partial charge is 0.354 e. The summed E-state index contributed by atoms with van der Waals surface area (Å²) in [5.74, 6) is 0. The van der Waals surface area contributed by atoms with E-state index in [0.29, 0.717) is 0 Å². The zero-order valence-corrected chi connectivity index (χ0v) is 10.9. The zero-order valence-electron chi connectivity index (χ0n) is 10.9. The smallest absolute Gasteiger partial charge is 0.0503 e. The molecule has 0 atom stereocenters. The van der Waals surface area contributed by atoms with Crippen LogP contribution in [0.4, 0.5) is 0 Å². The number of para-hydroxylation sites is 1. The summed E-state index contributed by atoms with van der Waals surface area (Å²) in [5.41, 5.74) is 6.61. The van der Waals surface area contributed by atoms with Crippen LogP contribution in [0.3, 0.4) is 0 Å². The van der Waals surface area contributed by atoms with Crippen LogP contribution in [-0.4, -0.2) is 4.98 Å². The fraction of sp³-hybridized carbons (Fsp3) is 0.111. The maximum absolute atomic E-state index is 3.60. The minimum atomic E-state index is 1.04. The highest BCUT2D eigenvalue weighted by molar-refractivity contribution is 6.09. The molecule has 2 aromatic rings. The van der Waals surface area contributed by atoms with Crippen molar-refractivity contribution in [3.63, 3.8) is 0 Å². The van der Waals surface area contributed by atoms with Gasteiger partial charge in [-0.15, -0.1) is 0 Å². The molecule has 4 rings (SSSR count). The lowest BCUT2D eigenvalue weighted by Crippen LogP contribution is -1.83. The molecule has 1 heterocycles. The van der Waals surface area contributed by atoms with E-state index < -0.39 is 0 Å². The number of nitrogens with one attached hydrogen (secondary N) is 1. The van der Waals surface area contributed by atoms with Crippen LogP contribution in [0.2, 0.25) is 0 Å². The van der Waals surface area contributed by atoms with Gasteiger partial charge in [-0.25, -0.2) is 0 Å². The van der Waals surface area contributed by atoms with Gasteiger partial charge in [-0.2, -0.15) is 0 Å². The average molecular weight is 245 g/mol. The van der Waals surface area contributed by atoms with Crippen molar-refractivity contribution < 1.29 is 0 Å². The Hall–Kier alpha value is -2.28. The van der Waals surface area contributed by atoms with Crippen molar-refractivity contribution in [1.29, 1.82) is 0 Å². The van der Waals surface area contributed by atoms with Gasteiger partial charge in [-0.3, -0.25) is 0 Å². The fourth-order valence-corrected chi connectivity index (χ4v) is 3.10. The Kier molecular flexibility index (Phi) is 2.16. The Morgan fingerprint density at radius 2 is 1.74 bits per heavy atom. The quantitative estimate of drug-likeness (QED) is 0.486. The Balaban J connectivity index is 2.29. The van der Waals surface area contributed by atoms with Crippen LogP contribution in [0.1, 0.15) is 12.5 Å². The van der Waals surface area contributed by atoms with Crippen molar-refractivity contribution in [2.75, 3.05) is 0 Å². The Morgan fingerprint density at radius 1 is 0.842 bits per heavy atom. The van der Waals surface area contributed by atoms with E-state index in [1.807, 2.05) is 0 Å². The third-order valence-corrected chi connectivity index (χ3v) is 4.01. The van der Waals surface area contributed by atoms with Gasteiger partial charge in [0.2, 0.25) is 0 Å². The van der Waals surface area contributed by atoms with E-state index in [-0.39, 0.29) is 0 Å². The van der Waals surface area contributed by atoms with Crippen molar-refractivity contribution in [3.8, 4) is 11.1 Å². The van der Waals surface area contributed by atoms with E-state index in [0.717, 1.165) is 6.42 Å². The third-order valence-electron chi connectivity index (χ3n) is 4.01. The molecule has 0 bridgehead atoms. The number of hydrogen-bond donors (Lipinski definition) is 1. The molecule has 1 aromatic carbocycles. The minimum absolute atomic E-state index is 1.04. The summed E-state index contributed by atoms with van der Waals surface area (Å²) < 4.78 is 0.